The van der Waals surface area contributed by atoms with Gasteiger partial charge in [-0.05, 0) is 12.1 Å². The first-order valence-electron chi connectivity index (χ1n) is 3.87. The fourth-order valence-corrected chi connectivity index (χ4v) is 1.07. The highest BCUT2D eigenvalue weighted by molar-refractivity contribution is 6.30. The Bertz CT molecular complexity index is 336. The summed E-state index contributed by atoms with van der Waals surface area (Å²) in [7, 11) is 0. The van der Waals surface area contributed by atoms with Gasteiger partial charge >= 0.3 is 0 Å². The Labute approximate surface area is 80.2 Å². The molecular formula is C9H8ClFO2. The molecule has 0 saturated carbocycles. The Kier molecular flexibility index (Phi) is 1.93. The van der Waals surface area contributed by atoms with Crippen LogP contribution in [0.15, 0.2) is 18.2 Å². The van der Waals surface area contributed by atoms with Gasteiger partial charge in [0.15, 0.2) is 0 Å². The van der Waals surface area contributed by atoms with Crippen molar-refractivity contribution in [2.75, 3.05) is 6.61 Å². The molecule has 70 valence electrons. The third kappa shape index (κ3) is 1.92. The summed E-state index contributed by atoms with van der Waals surface area (Å²) < 4.78 is 23.2. The molecule has 1 aromatic rings. The van der Waals surface area contributed by atoms with Crippen LogP contribution >= 0.6 is 11.6 Å². The van der Waals surface area contributed by atoms with Crippen molar-refractivity contribution in [3.8, 4) is 5.75 Å². The standard InChI is InChI=1S/C9H8ClFO2/c1-9(5-12-9)13-6-2-3-7(10)8(11)4-6/h2-4H,5H2,1H3. The molecule has 1 aliphatic heterocycles. The molecule has 0 aromatic heterocycles. The van der Waals surface area contributed by atoms with Gasteiger partial charge in [-0.25, -0.2) is 4.39 Å². The van der Waals surface area contributed by atoms with Crippen molar-refractivity contribution in [3.63, 3.8) is 0 Å². The molecule has 4 heteroatoms. The summed E-state index contributed by atoms with van der Waals surface area (Å²) >= 11 is 5.51. The van der Waals surface area contributed by atoms with Gasteiger partial charge < -0.3 is 9.47 Å². The van der Waals surface area contributed by atoms with Crippen molar-refractivity contribution < 1.29 is 13.9 Å². The maximum absolute atomic E-state index is 12.9. The average molecular weight is 203 g/mol. The smallest absolute Gasteiger partial charge is 0.231 e. The van der Waals surface area contributed by atoms with Crippen LogP contribution in [0.5, 0.6) is 5.75 Å². The SMILES string of the molecule is CC1(Oc2ccc(Cl)c(F)c2)CO1. The zero-order valence-electron chi connectivity index (χ0n) is 7.01. The predicted octanol–water partition coefficient (Wildman–Crippen LogP) is 2.60. The first-order chi connectivity index (χ1) is 6.09. The summed E-state index contributed by atoms with van der Waals surface area (Å²) in [6, 6.07) is 4.31. The number of hydrogen-bond donors (Lipinski definition) is 0. The summed E-state index contributed by atoms with van der Waals surface area (Å²) in [4.78, 5) is 0. The van der Waals surface area contributed by atoms with E-state index in [2.05, 4.69) is 0 Å². The van der Waals surface area contributed by atoms with Gasteiger partial charge in [-0.3, -0.25) is 0 Å². The topological polar surface area (TPSA) is 21.8 Å². The van der Waals surface area contributed by atoms with Crippen LogP contribution in [-0.4, -0.2) is 12.4 Å². The molecule has 0 aliphatic carbocycles. The molecule has 2 rings (SSSR count). The van der Waals surface area contributed by atoms with Gasteiger partial charge in [-0.15, -0.1) is 0 Å². The van der Waals surface area contributed by atoms with Gasteiger partial charge in [0.1, 0.15) is 18.2 Å². The molecule has 1 aliphatic rings. The summed E-state index contributed by atoms with van der Waals surface area (Å²) in [5, 5.41) is 0.0919. The normalized spacial score (nSPS) is 25.8. The number of benzene rings is 1. The van der Waals surface area contributed by atoms with Crippen molar-refractivity contribution in [1.82, 2.24) is 0 Å². The molecule has 1 aromatic carbocycles. The van der Waals surface area contributed by atoms with Gasteiger partial charge in [-0.2, -0.15) is 0 Å². The molecule has 0 spiro atoms. The molecule has 2 nitrogen and oxygen atoms in total. The van der Waals surface area contributed by atoms with Crippen molar-refractivity contribution in [2.45, 2.75) is 12.7 Å². The summed E-state index contributed by atoms with van der Waals surface area (Å²) in [6.07, 6.45) is 0. The quantitative estimate of drug-likeness (QED) is 0.688. The molecule has 13 heavy (non-hydrogen) atoms. The van der Waals surface area contributed by atoms with Crippen LogP contribution in [0.4, 0.5) is 4.39 Å². The number of epoxide rings is 1. The van der Waals surface area contributed by atoms with Crippen LogP contribution in [0.1, 0.15) is 6.92 Å². The second kappa shape index (κ2) is 2.86. The monoisotopic (exact) mass is 202 g/mol. The lowest BCUT2D eigenvalue weighted by atomic mass is 10.3. The molecular weight excluding hydrogens is 195 g/mol. The second-order valence-electron chi connectivity index (χ2n) is 3.10. The molecule has 1 atom stereocenters. The van der Waals surface area contributed by atoms with Crippen molar-refractivity contribution in [2.24, 2.45) is 0 Å². The van der Waals surface area contributed by atoms with Gasteiger partial charge in [0.2, 0.25) is 5.79 Å². The summed E-state index contributed by atoms with van der Waals surface area (Å²) in [5.41, 5.74) is 0. The molecule has 0 bridgehead atoms. The van der Waals surface area contributed by atoms with E-state index in [0.29, 0.717) is 12.4 Å². The molecule has 1 fully saturated rings. The van der Waals surface area contributed by atoms with Gasteiger partial charge in [0.05, 0.1) is 5.02 Å². The minimum absolute atomic E-state index is 0.0919. The predicted molar refractivity (Wildman–Crippen MR) is 46.4 cm³/mol. The van der Waals surface area contributed by atoms with E-state index in [9.17, 15) is 4.39 Å². The Morgan fingerprint density at radius 2 is 2.31 bits per heavy atom. The van der Waals surface area contributed by atoms with Crippen LogP contribution in [-0.2, 0) is 4.74 Å². The van der Waals surface area contributed by atoms with Crippen LogP contribution in [0.3, 0.4) is 0 Å². The Balaban J connectivity index is 2.17. The minimum atomic E-state index is -0.569. The lowest BCUT2D eigenvalue weighted by Crippen LogP contribution is -2.14. The third-order valence-corrected chi connectivity index (χ3v) is 2.08. The number of hydrogen-bond acceptors (Lipinski definition) is 2. The largest absolute Gasteiger partial charge is 0.460 e. The van der Waals surface area contributed by atoms with E-state index < -0.39 is 11.6 Å². The first-order valence-corrected chi connectivity index (χ1v) is 4.25. The van der Waals surface area contributed by atoms with Crippen LogP contribution in [0.2, 0.25) is 5.02 Å². The minimum Gasteiger partial charge on any atom is -0.460 e. The fraction of sp³-hybridized carbons (Fsp3) is 0.333. The molecule has 1 saturated heterocycles. The first kappa shape index (κ1) is 8.78. The van der Waals surface area contributed by atoms with Gasteiger partial charge in [0.25, 0.3) is 0 Å². The third-order valence-electron chi connectivity index (χ3n) is 1.78. The maximum atomic E-state index is 12.9. The summed E-state index contributed by atoms with van der Waals surface area (Å²) in [5.74, 6) is -0.620. The van der Waals surface area contributed by atoms with Crippen molar-refractivity contribution in [3.05, 3.63) is 29.0 Å². The van der Waals surface area contributed by atoms with E-state index in [1.54, 1.807) is 13.0 Å². The highest BCUT2D eigenvalue weighted by atomic mass is 35.5. The zero-order chi connectivity index (χ0) is 9.47. The summed E-state index contributed by atoms with van der Waals surface area (Å²) in [6.45, 7) is 2.33. The lowest BCUT2D eigenvalue weighted by Gasteiger charge is -2.09. The highest BCUT2D eigenvalue weighted by Crippen LogP contribution is 2.31. The molecule has 1 heterocycles. The Morgan fingerprint density at radius 1 is 1.62 bits per heavy atom. The average Bonchev–Trinajstić information content (AvgIpc) is 2.76. The van der Waals surface area contributed by atoms with E-state index in [-0.39, 0.29) is 5.02 Å². The highest BCUT2D eigenvalue weighted by Gasteiger charge is 2.42. The molecule has 0 amide bonds. The van der Waals surface area contributed by atoms with E-state index in [1.165, 1.54) is 12.1 Å². The second-order valence-corrected chi connectivity index (χ2v) is 3.51. The number of halogens is 2. The van der Waals surface area contributed by atoms with Crippen molar-refractivity contribution in [1.29, 1.82) is 0 Å². The Hall–Kier alpha value is -0.800. The van der Waals surface area contributed by atoms with Gasteiger partial charge in [-0.1, -0.05) is 11.6 Å². The van der Waals surface area contributed by atoms with Gasteiger partial charge in [0, 0.05) is 13.0 Å². The Morgan fingerprint density at radius 3 is 2.85 bits per heavy atom. The number of rotatable bonds is 2. The van der Waals surface area contributed by atoms with E-state index >= 15 is 0 Å². The van der Waals surface area contributed by atoms with Crippen molar-refractivity contribution >= 4 is 11.6 Å². The molecule has 0 N–H and O–H groups in total. The molecule has 1 unspecified atom stereocenters. The van der Waals surface area contributed by atoms with Crippen LogP contribution in [0, 0.1) is 5.82 Å². The maximum Gasteiger partial charge on any atom is 0.231 e. The molecule has 0 radical (unpaired) electrons. The van der Waals surface area contributed by atoms with E-state index in [1.807, 2.05) is 0 Å². The number of ether oxygens (including phenoxy) is 2. The van der Waals surface area contributed by atoms with Crippen LogP contribution in [0.25, 0.3) is 0 Å². The van der Waals surface area contributed by atoms with E-state index in [0.717, 1.165) is 0 Å². The zero-order valence-corrected chi connectivity index (χ0v) is 7.77. The van der Waals surface area contributed by atoms with Crippen LogP contribution < -0.4 is 4.74 Å². The van der Waals surface area contributed by atoms with E-state index in [4.69, 9.17) is 21.1 Å². The fourth-order valence-electron chi connectivity index (χ4n) is 0.950. The lowest BCUT2D eigenvalue weighted by molar-refractivity contribution is 0.0799.